The fraction of sp³-hybridized carbons (Fsp3) is 0.375. The highest BCUT2D eigenvalue weighted by atomic mass is 16.2. The molecule has 3 atom stereocenters. The van der Waals surface area contributed by atoms with Crippen molar-refractivity contribution in [1.82, 2.24) is 20.0 Å². The zero-order valence-corrected chi connectivity index (χ0v) is 11.5. The third-order valence-corrected chi connectivity index (χ3v) is 4.55. The van der Waals surface area contributed by atoms with Gasteiger partial charge in [-0.1, -0.05) is 5.92 Å². The molecule has 2 aliphatic rings. The lowest BCUT2D eigenvalue weighted by atomic mass is 9.95. The molecule has 2 N–H and O–H groups in total. The van der Waals surface area contributed by atoms with Gasteiger partial charge in [-0.15, -0.1) is 6.42 Å². The van der Waals surface area contributed by atoms with E-state index in [0.29, 0.717) is 17.8 Å². The van der Waals surface area contributed by atoms with Crippen LogP contribution in [0.25, 0.3) is 5.52 Å². The second-order valence-electron chi connectivity index (χ2n) is 5.80. The molecule has 1 amide bonds. The van der Waals surface area contributed by atoms with Crippen LogP contribution in [0, 0.1) is 12.3 Å². The molecule has 2 aromatic heterocycles. The summed E-state index contributed by atoms with van der Waals surface area (Å²) in [5.41, 5.74) is 2.05. The number of carbonyl (C=O) groups excluding carboxylic acids is 1. The monoisotopic (exact) mass is 280 g/mol. The summed E-state index contributed by atoms with van der Waals surface area (Å²) in [7, 11) is 0. The summed E-state index contributed by atoms with van der Waals surface area (Å²) in [6.45, 7) is 0. The van der Waals surface area contributed by atoms with Gasteiger partial charge in [-0.2, -0.15) is 0 Å². The molecular formula is C16H16N4O. The Labute approximate surface area is 122 Å². The van der Waals surface area contributed by atoms with E-state index in [1.807, 2.05) is 16.7 Å². The standard InChI is InChI=1S/C16H16N4O/c1-2-10-5-6-20-9-14(17-8-15(10)20)16(21)19-13-7-11-3-4-12(13)18-11/h1,5-6,8-9,11-13,18H,3-4,7H2,(H,19,21)/t11-,12+,13-/m1/s1. The van der Waals surface area contributed by atoms with Crippen LogP contribution >= 0.6 is 0 Å². The van der Waals surface area contributed by atoms with Gasteiger partial charge in [0, 0.05) is 30.5 Å². The molecule has 2 aliphatic heterocycles. The zero-order valence-electron chi connectivity index (χ0n) is 11.5. The number of hydrogen-bond donors (Lipinski definition) is 2. The predicted octanol–water partition coefficient (Wildman–Crippen LogP) is 0.938. The summed E-state index contributed by atoms with van der Waals surface area (Å²) >= 11 is 0. The lowest BCUT2D eigenvalue weighted by Crippen LogP contribution is -2.43. The molecule has 0 saturated carbocycles. The van der Waals surface area contributed by atoms with Crippen molar-refractivity contribution >= 4 is 11.4 Å². The number of nitrogens with one attached hydrogen (secondary N) is 2. The van der Waals surface area contributed by atoms with Crippen molar-refractivity contribution in [1.29, 1.82) is 0 Å². The molecule has 5 heteroatoms. The fourth-order valence-corrected chi connectivity index (χ4v) is 3.47. The van der Waals surface area contributed by atoms with Crippen molar-refractivity contribution in [2.75, 3.05) is 0 Å². The number of terminal acetylenes is 1. The van der Waals surface area contributed by atoms with E-state index in [9.17, 15) is 4.79 Å². The Morgan fingerprint density at radius 2 is 2.43 bits per heavy atom. The number of fused-ring (bicyclic) bond motifs is 3. The Bertz CT molecular complexity index is 757. The normalized spacial score (nSPS) is 26.9. The number of carbonyl (C=O) groups is 1. The maximum absolute atomic E-state index is 12.3. The number of hydrogen-bond acceptors (Lipinski definition) is 3. The number of amides is 1. The highest BCUT2D eigenvalue weighted by Gasteiger charge is 2.39. The van der Waals surface area contributed by atoms with Crippen LogP contribution in [0.15, 0.2) is 24.7 Å². The Morgan fingerprint density at radius 3 is 3.14 bits per heavy atom. The van der Waals surface area contributed by atoms with Gasteiger partial charge in [-0.3, -0.25) is 4.79 Å². The molecular weight excluding hydrogens is 264 g/mol. The lowest BCUT2D eigenvalue weighted by molar-refractivity contribution is 0.0925. The summed E-state index contributed by atoms with van der Waals surface area (Å²) in [6, 6.07) is 3.05. The van der Waals surface area contributed by atoms with Crippen molar-refractivity contribution in [2.45, 2.75) is 37.4 Å². The van der Waals surface area contributed by atoms with E-state index in [-0.39, 0.29) is 11.9 Å². The first kappa shape index (κ1) is 12.4. The van der Waals surface area contributed by atoms with E-state index in [1.165, 1.54) is 6.42 Å². The van der Waals surface area contributed by atoms with Crippen LogP contribution < -0.4 is 10.6 Å². The van der Waals surface area contributed by atoms with E-state index in [4.69, 9.17) is 6.42 Å². The summed E-state index contributed by atoms with van der Waals surface area (Å²) < 4.78 is 1.84. The van der Waals surface area contributed by atoms with Crippen molar-refractivity contribution in [3.63, 3.8) is 0 Å². The molecule has 0 spiro atoms. The largest absolute Gasteiger partial charge is 0.346 e. The molecule has 106 valence electrons. The first-order valence-corrected chi connectivity index (χ1v) is 7.25. The lowest BCUT2D eigenvalue weighted by Gasteiger charge is -2.21. The van der Waals surface area contributed by atoms with Gasteiger partial charge in [-0.25, -0.2) is 4.98 Å². The van der Waals surface area contributed by atoms with Crippen LogP contribution in [0.1, 0.15) is 35.3 Å². The van der Waals surface area contributed by atoms with Gasteiger partial charge in [0.15, 0.2) is 0 Å². The van der Waals surface area contributed by atoms with Gasteiger partial charge in [-0.05, 0) is 25.3 Å². The Kier molecular flexibility index (Phi) is 2.72. The predicted molar refractivity (Wildman–Crippen MR) is 78.9 cm³/mol. The van der Waals surface area contributed by atoms with Gasteiger partial charge in [0.05, 0.1) is 17.3 Å². The molecule has 0 aliphatic carbocycles. The molecule has 4 rings (SSSR count). The Morgan fingerprint density at radius 1 is 1.52 bits per heavy atom. The van der Waals surface area contributed by atoms with E-state index < -0.39 is 0 Å². The molecule has 0 aromatic carbocycles. The number of nitrogens with zero attached hydrogens (tertiary/aromatic N) is 2. The van der Waals surface area contributed by atoms with Gasteiger partial charge < -0.3 is 15.0 Å². The Hall–Kier alpha value is -2.32. The van der Waals surface area contributed by atoms with E-state index in [1.54, 1.807) is 12.4 Å². The average Bonchev–Trinajstić information content (AvgIpc) is 3.21. The summed E-state index contributed by atoms with van der Waals surface area (Å²) in [6.07, 6.45) is 14.0. The first-order valence-electron chi connectivity index (χ1n) is 7.25. The zero-order chi connectivity index (χ0) is 14.4. The molecule has 0 unspecified atom stereocenters. The van der Waals surface area contributed by atoms with Gasteiger partial charge in [0.25, 0.3) is 5.91 Å². The van der Waals surface area contributed by atoms with Gasteiger partial charge >= 0.3 is 0 Å². The van der Waals surface area contributed by atoms with E-state index in [2.05, 4.69) is 21.5 Å². The van der Waals surface area contributed by atoms with Crippen molar-refractivity contribution in [2.24, 2.45) is 0 Å². The highest BCUT2D eigenvalue weighted by molar-refractivity contribution is 5.92. The molecule has 2 aromatic rings. The van der Waals surface area contributed by atoms with Crippen LogP contribution in [-0.4, -0.2) is 33.4 Å². The van der Waals surface area contributed by atoms with Gasteiger partial charge in [0.2, 0.25) is 0 Å². The van der Waals surface area contributed by atoms with E-state index in [0.717, 1.165) is 23.9 Å². The molecule has 4 heterocycles. The third-order valence-electron chi connectivity index (χ3n) is 4.55. The maximum atomic E-state index is 12.3. The molecule has 21 heavy (non-hydrogen) atoms. The second-order valence-corrected chi connectivity index (χ2v) is 5.80. The number of aromatic nitrogens is 2. The summed E-state index contributed by atoms with van der Waals surface area (Å²) in [5, 5.41) is 6.61. The fourth-order valence-electron chi connectivity index (χ4n) is 3.47. The quantitative estimate of drug-likeness (QED) is 0.805. The van der Waals surface area contributed by atoms with E-state index >= 15 is 0 Å². The summed E-state index contributed by atoms with van der Waals surface area (Å²) in [5.74, 6) is 2.49. The Balaban J connectivity index is 1.55. The van der Waals surface area contributed by atoms with Crippen LogP contribution in [0.2, 0.25) is 0 Å². The van der Waals surface area contributed by atoms with Crippen molar-refractivity contribution in [3.8, 4) is 12.3 Å². The summed E-state index contributed by atoms with van der Waals surface area (Å²) in [4.78, 5) is 16.6. The third kappa shape index (κ3) is 1.99. The SMILES string of the molecule is C#Cc1ccn2cc(C(=O)N[C@@H]3C[C@H]4CC[C@@H]3N4)ncc12. The van der Waals surface area contributed by atoms with Crippen LogP contribution in [0.4, 0.5) is 0 Å². The highest BCUT2D eigenvalue weighted by Crippen LogP contribution is 2.28. The number of rotatable bonds is 2. The van der Waals surface area contributed by atoms with Crippen LogP contribution in [0.5, 0.6) is 0 Å². The van der Waals surface area contributed by atoms with Crippen molar-refractivity contribution in [3.05, 3.63) is 35.9 Å². The maximum Gasteiger partial charge on any atom is 0.271 e. The smallest absolute Gasteiger partial charge is 0.271 e. The van der Waals surface area contributed by atoms with Crippen LogP contribution in [-0.2, 0) is 0 Å². The minimum Gasteiger partial charge on any atom is -0.346 e. The minimum atomic E-state index is -0.118. The first-order chi connectivity index (χ1) is 10.2. The van der Waals surface area contributed by atoms with Crippen LogP contribution in [0.3, 0.4) is 0 Å². The second kappa shape index (κ2) is 4.61. The topological polar surface area (TPSA) is 58.4 Å². The molecule has 2 bridgehead atoms. The average molecular weight is 280 g/mol. The minimum absolute atomic E-state index is 0.118. The molecule has 2 fully saturated rings. The molecule has 0 radical (unpaired) electrons. The molecule has 5 nitrogen and oxygen atoms in total. The molecule has 2 saturated heterocycles. The van der Waals surface area contributed by atoms with Gasteiger partial charge in [0.1, 0.15) is 5.69 Å². The van der Waals surface area contributed by atoms with Crippen molar-refractivity contribution < 1.29 is 4.79 Å².